The predicted molar refractivity (Wildman–Crippen MR) is 101 cm³/mol. The first-order valence-electron chi connectivity index (χ1n) is 9.71. The van der Waals surface area contributed by atoms with E-state index in [0.717, 1.165) is 57.7 Å². The Labute approximate surface area is 159 Å². The molecule has 1 unspecified atom stereocenters. The zero-order valence-electron chi connectivity index (χ0n) is 16.1. The van der Waals surface area contributed by atoms with Crippen molar-refractivity contribution in [1.29, 1.82) is 0 Å². The molecule has 0 saturated carbocycles. The Morgan fingerprint density at radius 2 is 2.22 bits per heavy atom. The SMILES string of the molecule is CN(C)c1ncc2c(n1)C1(CCCN(C(=O)CCCn3cncn3)C1)CC2. The van der Waals surface area contributed by atoms with E-state index in [2.05, 4.69) is 20.0 Å². The highest BCUT2D eigenvalue weighted by Crippen LogP contribution is 2.44. The van der Waals surface area contributed by atoms with Crippen molar-refractivity contribution in [3.05, 3.63) is 30.1 Å². The maximum absolute atomic E-state index is 12.8. The number of hydrogen-bond donors (Lipinski definition) is 0. The third-order valence-corrected chi connectivity index (χ3v) is 5.80. The van der Waals surface area contributed by atoms with Gasteiger partial charge in [0.05, 0.1) is 5.69 Å². The van der Waals surface area contributed by atoms with Gasteiger partial charge in [0.15, 0.2) is 0 Å². The number of piperidine rings is 1. The minimum Gasteiger partial charge on any atom is -0.347 e. The van der Waals surface area contributed by atoms with E-state index in [1.54, 1.807) is 11.0 Å². The summed E-state index contributed by atoms with van der Waals surface area (Å²) < 4.78 is 1.78. The fraction of sp³-hybridized carbons (Fsp3) is 0.632. The molecule has 1 spiro atoms. The van der Waals surface area contributed by atoms with Crippen LogP contribution < -0.4 is 4.90 Å². The summed E-state index contributed by atoms with van der Waals surface area (Å²) in [4.78, 5) is 30.1. The molecule has 0 N–H and O–H groups in total. The molecule has 1 saturated heterocycles. The number of fused-ring (bicyclic) bond motifs is 2. The molecule has 1 fully saturated rings. The first kappa shape index (κ1) is 17.9. The van der Waals surface area contributed by atoms with Crippen LogP contribution in [-0.2, 0) is 23.2 Å². The average molecular weight is 369 g/mol. The number of carbonyl (C=O) groups is 1. The molecule has 0 aromatic carbocycles. The van der Waals surface area contributed by atoms with Crippen LogP contribution in [-0.4, -0.2) is 62.7 Å². The second-order valence-corrected chi connectivity index (χ2v) is 7.90. The summed E-state index contributed by atoms with van der Waals surface area (Å²) in [5, 5.41) is 4.09. The first-order valence-corrected chi connectivity index (χ1v) is 9.71. The smallest absolute Gasteiger partial charge is 0.225 e. The van der Waals surface area contributed by atoms with Gasteiger partial charge >= 0.3 is 0 Å². The van der Waals surface area contributed by atoms with Crippen LogP contribution in [0.2, 0.25) is 0 Å². The van der Waals surface area contributed by atoms with E-state index in [1.807, 2.05) is 25.2 Å². The Bertz CT molecular complexity index is 800. The van der Waals surface area contributed by atoms with Gasteiger partial charge in [-0.05, 0) is 37.7 Å². The van der Waals surface area contributed by atoms with Gasteiger partial charge in [0.2, 0.25) is 11.9 Å². The summed E-state index contributed by atoms with van der Waals surface area (Å²) in [7, 11) is 3.93. The molecule has 2 aliphatic rings. The van der Waals surface area contributed by atoms with Crippen LogP contribution >= 0.6 is 0 Å². The van der Waals surface area contributed by atoms with Gasteiger partial charge in [-0.15, -0.1) is 0 Å². The fourth-order valence-electron chi connectivity index (χ4n) is 4.39. The van der Waals surface area contributed by atoms with Gasteiger partial charge in [0.25, 0.3) is 0 Å². The van der Waals surface area contributed by atoms with Crippen LogP contribution in [0.5, 0.6) is 0 Å². The Morgan fingerprint density at radius 3 is 3.00 bits per heavy atom. The molecule has 2 aromatic heterocycles. The number of carbonyl (C=O) groups excluding carboxylic acids is 1. The highest BCUT2D eigenvalue weighted by molar-refractivity contribution is 5.76. The van der Waals surface area contributed by atoms with Crippen molar-refractivity contribution in [3.63, 3.8) is 0 Å². The van der Waals surface area contributed by atoms with Crippen molar-refractivity contribution in [2.24, 2.45) is 0 Å². The summed E-state index contributed by atoms with van der Waals surface area (Å²) in [5.74, 6) is 0.996. The van der Waals surface area contributed by atoms with E-state index in [-0.39, 0.29) is 11.3 Å². The summed E-state index contributed by atoms with van der Waals surface area (Å²) in [6, 6.07) is 0. The molecule has 3 heterocycles. The third kappa shape index (κ3) is 3.52. The maximum Gasteiger partial charge on any atom is 0.225 e. The van der Waals surface area contributed by atoms with Crippen LogP contribution in [0, 0.1) is 0 Å². The molecule has 1 aliphatic carbocycles. The number of hydrogen-bond acceptors (Lipinski definition) is 6. The van der Waals surface area contributed by atoms with Gasteiger partial charge in [-0.3, -0.25) is 9.48 Å². The van der Waals surface area contributed by atoms with Crippen molar-refractivity contribution in [2.45, 2.75) is 50.5 Å². The number of nitrogens with zero attached hydrogens (tertiary/aromatic N) is 7. The molecule has 1 atom stereocenters. The minimum absolute atomic E-state index is 0.00282. The first-order chi connectivity index (χ1) is 13.1. The van der Waals surface area contributed by atoms with E-state index < -0.39 is 0 Å². The zero-order chi connectivity index (χ0) is 18.9. The fourth-order valence-corrected chi connectivity index (χ4v) is 4.39. The molecule has 0 bridgehead atoms. The van der Waals surface area contributed by atoms with E-state index in [9.17, 15) is 4.79 Å². The molecular formula is C19H27N7O. The zero-order valence-corrected chi connectivity index (χ0v) is 16.1. The van der Waals surface area contributed by atoms with Crippen LogP contribution in [0.4, 0.5) is 5.95 Å². The highest BCUT2D eigenvalue weighted by atomic mass is 16.2. The molecule has 8 nitrogen and oxygen atoms in total. The largest absolute Gasteiger partial charge is 0.347 e. The lowest BCUT2D eigenvalue weighted by molar-refractivity contribution is -0.133. The number of aromatic nitrogens is 5. The quantitative estimate of drug-likeness (QED) is 0.793. The molecule has 144 valence electrons. The molecule has 1 amide bonds. The van der Waals surface area contributed by atoms with Crippen molar-refractivity contribution in [2.75, 3.05) is 32.1 Å². The molecule has 27 heavy (non-hydrogen) atoms. The Morgan fingerprint density at radius 1 is 1.33 bits per heavy atom. The molecule has 1 aliphatic heterocycles. The number of amides is 1. The van der Waals surface area contributed by atoms with Crippen LogP contribution in [0.3, 0.4) is 0 Å². The predicted octanol–water partition coefficient (Wildman–Crippen LogP) is 1.42. The van der Waals surface area contributed by atoms with Gasteiger partial charge in [-0.1, -0.05) is 0 Å². The molecule has 2 aromatic rings. The van der Waals surface area contributed by atoms with Gasteiger partial charge in [-0.25, -0.2) is 15.0 Å². The summed E-state index contributed by atoms with van der Waals surface area (Å²) in [6.07, 6.45) is 10.8. The topological polar surface area (TPSA) is 80.0 Å². The Kier molecular flexibility index (Phi) is 4.80. The normalized spacial score (nSPS) is 21.5. The Balaban J connectivity index is 1.44. The third-order valence-electron chi connectivity index (χ3n) is 5.80. The lowest BCUT2D eigenvalue weighted by Gasteiger charge is -2.40. The number of anilines is 1. The van der Waals surface area contributed by atoms with Gasteiger partial charge in [0.1, 0.15) is 12.7 Å². The van der Waals surface area contributed by atoms with Gasteiger partial charge in [0, 0.05) is 51.8 Å². The lowest BCUT2D eigenvalue weighted by atomic mass is 9.77. The molecule has 4 rings (SSSR count). The highest BCUT2D eigenvalue weighted by Gasteiger charge is 2.44. The summed E-state index contributed by atoms with van der Waals surface area (Å²) in [5.41, 5.74) is 2.42. The summed E-state index contributed by atoms with van der Waals surface area (Å²) in [6.45, 7) is 2.36. The van der Waals surface area contributed by atoms with Crippen LogP contribution in [0.25, 0.3) is 0 Å². The van der Waals surface area contributed by atoms with E-state index in [4.69, 9.17) is 4.98 Å². The lowest BCUT2D eigenvalue weighted by Crippen LogP contribution is -2.48. The van der Waals surface area contributed by atoms with Gasteiger partial charge < -0.3 is 9.80 Å². The molecule has 8 heteroatoms. The van der Waals surface area contributed by atoms with Crippen molar-refractivity contribution in [3.8, 4) is 0 Å². The van der Waals surface area contributed by atoms with Crippen molar-refractivity contribution in [1.82, 2.24) is 29.6 Å². The second-order valence-electron chi connectivity index (χ2n) is 7.90. The summed E-state index contributed by atoms with van der Waals surface area (Å²) >= 11 is 0. The number of aryl methyl sites for hydroxylation is 2. The molecule has 0 radical (unpaired) electrons. The standard InChI is InChI=1S/C19H27N7O/c1-24(2)18-21-11-15-6-8-19(17(15)23-18)7-4-9-25(12-19)16(27)5-3-10-26-14-20-13-22-26/h11,13-14H,3-10,12H2,1-2H3. The van der Waals surface area contributed by atoms with Crippen molar-refractivity contribution >= 4 is 11.9 Å². The Hall–Kier alpha value is -2.51. The van der Waals surface area contributed by atoms with Crippen LogP contribution in [0.15, 0.2) is 18.9 Å². The molecular weight excluding hydrogens is 342 g/mol. The van der Waals surface area contributed by atoms with Gasteiger partial charge in [-0.2, -0.15) is 5.10 Å². The van der Waals surface area contributed by atoms with E-state index >= 15 is 0 Å². The van der Waals surface area contributed by atoms with E-state index in [1.165, 1.54) is 17.6 Å². The van der Waals surface area contributed by atoms with E-state index in [0.29, 0.717) is 6.42 Å². The minimum atomic E-state index is 0.00282. The average Bonchev–Trinajstić information content (AvgIpc) is 3.30. The number of likely N-dealkylation sites (tertiary alicyclic amines) is 1. The van der Waals surface area contributed by atoms with Crippen LogP contribution in [0.1, 0.15) is 43.4 Å². The van der Waals surface area contributed by atoms with Crippen molar-refractivity contribution < 1.29 is 4.79 Å². The maximum atomic E-state index is 12.8. The number of rotatable bonds is 5. The second kappa shape index (κ2) is 7.25. The monoisotopic (exact) mass is 369 g/mol.